The number of hydrogen-bond acceptors (Lipinski definition) is 5. The van der Waals surface area contributed by atoms with Crippen LogP contribution in [0.3, 0.4) is 0 Å². The highest BCUT2D eigenvalue weighted by Crippen LogP contribution is 2.22. The Labute approximate surface area is 205 Å². The molecule has 3 rings (SSSR count). The summed E-state index contributed by atoms with van der Waals surface area (Å²) >= 11 is 5.96. The van der Waals surface area contributed by atoms with E-state index >= 15 is 0 Å². The van der Waals surface area contributed by atoms with E-state index in [0.29, 0.717) is 40.6 Å². The Hall–Kier alpha value is -3.19. The van der Waals surface area contributed by atoms with Gasteiger partial charge in [0.25, 0.3) is 5.91 Å². The number of amides is 2. The first kappa shape index (κ1) is 25.4. The molecule has 180 valence electrons. The average Bonchev–Trinajstić information content (AvgIpc) is 3.25. The van der Waals surface area contributed by atoms with Crippen LogP contribution in [0.1, 0.15) is 56.1 Å². The van der Waals surface area contributed by atoms with Gasteiger partial charge >= 0.3 is 6.09 Å². The molecule has 0 aromatic heterocycles. The number of nitrogens with one attached hydrogen (secondary N) is 1. The summed E-state index contributed by atoms with van der Waals surface area (Å²) in [6.07, 6.45) is -0.657. The van der Waals surface area contributed by atoms with Crippen LogP contribution in [0.5, 0.6) is 0 Å². The van der Waals surface area contributed by atoms with E-state index in [-0.39, 0.29) is 17.6 Å². The quantitative estimate of drug-likeness (QED) is 0.603. The van der Waals surface area contributed by atoms with Gasteiger partial charge in [0.2, 0.25) is 0 Å². The van der Waals surface area contributed by atoms with Crippen LogP contribution in [0.2, 0.25) is 5.02 Å². The maximum Gasteiger partial charge on any atom is 0.408 e. The fraction of sp³-hybridized carbons (Fsp3) is 0.385. The molecule has 2 aromatic carbocycles. The third-order valence-corrected chi connectivity index (χ3v) is 5.48. The number of halogens is 1. The minimum Gasteiger partial charge on any atom is -0.444 e. The van der Waals surface area contributed by atoms with Crippen LogP contribution < -0.4 is 5.32 Å². The van der Waals surface area contributed by atoms with Gasteiger partial charge in [0.05, 0.1) is 6.54 Å². The van der Waals surface area contributed by atoms with Crippen LogP contribution in [0, 0.1) is 5.92 Å². The van der Waals surface area contributed by atoms with Crippen molar-refractivity contribution >= 4 is 35.2 Å². The molecule has 0 saturated carbocycles. The average molecular weight is 484 g/mol. The number of ether oxygens (including phenoxy) is 1. The van der Waals surface area contributed by atoms with E-state index in [1.54, 1.807) is 69.3 Å². The van der Waals surface area contributed by atoms with E-state index in [1.807, 2.05) is 13.8 Å². The minimum atomic E-state index is -0.808. The van der Waals surface area contributed by atoms with Gasteiger partial charge in [-0.3, -0.25) is 19.5 Å². The van der Waals surface area contributed by atoms with Gasteiger partial charge in [-0.05, 0) is 51.0 Å². The molecule has 0 bridgehead atoms. The maximum atomic E-state index is 13.5. The fourth-order valence-corrected chi connectivity index (χ4v) is 3.77. The van der Waals surface area contributed by atoms with Crippen molar-refractivity contribution in [2.24, 2.45) is 10.9 Å². The lowest BCUT2D eigenvalue weighted by Crippen LogP contribution is -2.53. The molecule has 0 radical (unpaired) electrons. The Morgan fingerprint density at radius 3 is 2.32 bits per heavy atom. The standard InChI is InChI=1S/C26H30ClN3O4/c1-16(2)21(29-25(33)34-26(3,4)5)24(32)30-15-14-28-23(30)20-9-7-6-8-19(20)22(31)17-10-12-18(27)13-11-17/h6-13,16,21H,14-15H2,1-5H3,(H,29,33). The highest BCUT2D eigenvalue weighted by Gasteiger charge is 2.35. The summed E-state index contributed by atoms with van der Waals surface area (Å²) in [6, 6.07) is 12.9. The number of rotatable bonds is 6. The molecule has 0 saturated heterocycles. The van der Waals surface area contributed by atoms with Gasteiger partial charge in [0, 0.05) is 28.3 Å². The van der Waals surface area contributed by atoms with Crippen molar-refractivity contribution in [1.82, 2.24) is 10.2 Å². The van der Waals surface area contributed by atoms with Crippen molar-refractivity contribution in [3.05, 3.63) is 70.2 Å². The Kier molecular flexibility index (Phi) is 7.77. The maximum absolute atomic E-state index is 13.5. The summed E-state index contributed by atoms with van der Waals surface area (Å²) in [5.41, 5.74) is 0.799. The number of alkyl carbamates (subject to hydrolysis) is 1. The molecule has 2 amide bonds. The van der Waals surface area contributed by atoms with Crippen LogP contribution >= 0.6 is 11.6 Å². The molecule has 1 atom stereocenters. The van der Waals surface area contributed by atoms with Gasteiger partial charge in [-0.1, -0.05) is 49.7 Å². The largest absolute Gasteiger partial charge is 0.444 e. The number of benzene rings is 2. The summed E-state index contributed by atoms with van der Waals surface area (Å²) in [7, 11) is 0. The summed E-state index contributed by atoms with van der Waals surface area (Å²) < 4.78 is 5.35. The predicted octanol–water partition coefficient (Wildman–Crippen LogP) is 4.71. The molecular weight excluding hydrogens is 454 g/mol. The number of hydrogen-bond donors (Lipinski definition) is 1. The fourth-order valence-electron chi connectivity index (χ4n) is 3.64. The number of aliphatic imine (C=N–C) groups is 1. The van der Waals surface area contributed by atoms with Crippen LogP contribution in [-0.2, 0) is 9.53 Å². The lowest BCUT2D eigenvalue weighted by atomic mass is 9.96. The first-order valence-corrected chi connectivity index (χ1v) is 11.6. The number of carbonyl (C=O) groups is 3. The molecule has 7 nitrogen and oxygen atoms in total. The lowest BCUT2D eigenvalue weighted by molar-refractivity contribution is -0.130. The molecule has 1 N–H and O–H groups in total. The molecule has 1 unspecified atom stereocenters. The van der Waals surface area contributed by atoms with E-state index in [4.69, 9.17) is 16.3 Å². The monoisotopic (exact) mass is 483 g/mol. The van der Waals surface area contributed by atoms with Gasteiger partial charge < -0.3 is 10.1 Å². The Morgan fingerprint density at radius 2 is 1.71 bits per heavy atom. The van der Waals surface area contributed by atoms with E-state index < -0.39 is 17.7 Å². The van der Waals surface area contributed by atoms with Crippen molar-refractivity contribution in [1.29, 1.82) is 0 Å². The normalized spacial score (nSPS) is 14.6. The highest BCUT2D eigenvalue weighted by molar-refractivity contribution is 6.30. The van der Waals surface area contributed by atoms with Gasteiger partial charge in [-0.15, -0.1) is 0 Å². The molecule has 0 aliphatic carbocycles. The molecule has 0 fully saturated rings. The molecule has 1 heterocycles. The highest BCUT2D eigenvalue weighted by atomic mass is 35.5. The Balaban J connectivity index is 1.89. The van der Waals surface area contributed by atoms with Crippen LogP contribution in [0.25, 0.3) is 0 Å². The van der Waals surface area contributed by atoms with Crippen LogP contribution in [0.4, 0.5) is 4.79 Å². The van der Waals surface area contributed by atoms with Crippen molar-refractivity contribution in [3.8, 4) is 0 Å². The Bertz CT molecular complexity index is 1100. The number of carbonyl (C=O) groups excluding carboxylic acids is 3. The van der Waals surface area contributed by atoms with Crippen molar-refractivity contribution in [2.45, 2.75) is 46.3 Å². The van der Waals surface area contributed by atoms with Crippen molar-refractivity contribution in [2.75, 3.05) is 13.1 Å². The van der Waals surface area contributed by atoms with E-state index in [1.165, 1.54) is 4.90 Å². The topological polar surface area (TPSA) is 88.1 Å². The second-order valence-corrected chi connectivity index (χ2v) is 9.88. The van der Waals surface area contributed by atoms with Crippen molar-refractivity contribution < 1.29 is 19.1 Å². The van der Waals surface area contributed by atoms with Crippen LogP contribution in [0.15, 0.2) is 53.5 Å². The molecule has 8 heteroatoms. The third kappa shape index (κ3) is 6.03. The second-order valence-electron chi connectivity index (χ2n) is 9.44. The zero-order valence-corrected chi connectivity index (χ0v) is 20.8. The lowest BCUT2D eigenvalue weighted by Gasteiger charge is -2.29. The number of ketones is 1. The summed E-state index contributed by atoms with van der Waals surface area (Å²) in [6.45, 7) is 9.75. The summed E-state index contributed by atoms with van der Waals surface area (Å²) in [5.74, 6) is -0.264. The molecule has 1 aliphatic rings. The van der Waals surface area contributed by atoms with E-state index in [2.05, 4.69) is 10.3 Å². The smallest absolute Gasteiger partial charge is 0.408 e. The number of nitrogens with zero attached hydrogens (tertiary/aromatic N) is 2. The minimum absolute atomic E-state index is 0.187. The predicted molar refractivity (Wildman–Crippen MR) is 132 cm³/mol. The summed E-state index contributed by atoms with van der Waals surface area (Å²) in [5, 5.41) is 3.24. The molecular formula is C26H30ClN3O4. The van der Waals surface area contributed by atoms with Crippen molar-refractivity contribution in [3.63, 3.8) is 0 Å². The Morgan fingerprint density at radius 1 is 1.06 bits per heavy atom. The van der Waals surface area contributed by atoms with Gasteiger partial charge in [0.1, 0.15) is 17.5 Å². The van der Waals surface area contributed by atoms with Gasteiger partial charge in [0.15, 0.2) is 5.78 Å². The molecule has 2 aromatic rings. The van der Waals surface area contributed by atoms with E-state index in [9.17, 15) is 14.4 Å². The first-order chi connectivity index (χ1) is 16.0. The summed E-state index contributed by atoms with van der Waals surface area (Å²) in [4.78, 5) is 45.3. The SMILES string of the molecule is CC(C)C(NC(=O)OC(C)(C)C)C(=O)N1CCN=C1c1ccccc1C(=O)c1ccc(Cl)cc1. The second kappa shape index (κ2) is 10.4. The zero-order valence-electron chi connectivity index (χ0n) is 20.1. The van der Waals surface area contributed by atoms with Crippen LogP contribution in [-0.4, -0.2) is 53.3 Å². The number of amidine groups is 1. The molecule has 34 heavy (non-hydrogen) atoms. The first-order valence-electron chi connectivity index (χ1n) is 11.2. The molecule has 1 aliphatic heterocycles. The van der Waals surface area contributed by atoms with Gasteiger partial charge in [-0.25, -0.2) is 4.79 Å². The van der Waals surface area contributed by atoms with Gasteiger partial charge in [-0.2, -0.15) is 0 Å². The molecule has 0 spiro atoms. The van der Waals surface area contributed by atoms with E-state index in [0.717, 1.165) is 0 Å². The zero-order chi connectivity index (χ0) is 25.0. The third-order valence-electron chi connectivity index (χ3n) is 5.23.